The fraction of sp³-hybridized carbons (Fsp3) is 0.111. The van der Waals surface area contributed by atoms with Crippen molar-refractivity contribution in [3.63, 3.8) is 0 Å². The molecule has 1 aromatic carbocycles. The normalized spacial score (nSPS) is 11.8. The van der Waals surface area contributed by atoms with Crippen LogP contribution in [0, 0.1) is 6.92 Å². The van der Waals surface area contributed by atoms with E-state index >= 15 is 0 Å². The van der Waals surface area contributed by atoms with E-state index in [0.29, 0.717) is 11.1 Å². The molecule has 0 N–H and O–H groups in total. The Kier molecular flexibility index (Phi) is 3.55. The molecule has 0 saturated carbocycles. The van der Waals surface area contributed by atoms with E-state index in [9.17, 15) is 18.0 Å². The summed E-state index contributed by atoms with van der Waals surface area (Å²) in [5, 5.41) is 0.397. The van der Waals surface area contributed by atoms with Crippen molar-refractivity contribution in [2.24, 2.45) is 0 Å². The highest BCUT2D eigenvalue weighted by atomic mass is 19.4. The molecular weight excluding hydrogens is 319 g/mol. The molecule has 2 aromatic heterocycles. The fourth-order valence-corrected chi connectivity index (χ4v) is 2.66. The standard InChI is InChI=1S/C18H12F3NO2/c1-4-11-14(5-2)24-17-15(16(11)23)9(3)12-8-10(18(19,20)21)6-7-13(12)22-17/h4-8H,1-2H2,3H3. The Morgan fingerprint density at radius 1 is 1.21 bits per heavy atom. The Bertz CT molecular complexity index is 1060. The topological polar surface area (TPSA) is 43.1 Å². The monoisotopic (exact) mass is 331 g/mol. The summed E-state index contributed by atoms with van der Waals surface area (Å²) in [5.74, 6) is 0.223. The minimum absolute atomic E-state index is 0.0604. The van der Waals surface area contributed by atoms with Crippen LogP contribution in [0.1, 0.15) is 22.5 Å². The summed E-state index contributed by atoms with van der Waals surface area (Å²) in [5.41, 5.74) is -0.231. The van der Waals surface area contributed by atoms with E-state index in [0.717, 1.165) is 12.1 Å². The Labute approximate surface area is 134 Å². The number of nitrogens with zero attached hydrogens (tertiary/aromatic N) is 1. The summed E-state index contributed by atoms with van der Waals surface area (Å²) >= 11 is 0. The minimum Gasteiger partial charge on any atom is -0.437 e. The molecule has 0 bridgehead atoms. The summed E-state index contributed by atoms with van der Waals surface area (Å²) in [4.78, 5) is 16.8. The lowest BCUT2D eigenvalue weighted by molar-refractivity contribution is -0.137. The zero-order chi connectivity index (χ0) is 17.6. The van der Waals surface area contributed by atoms with Crippen molar-refractivity contribution >= 4 is 34.2 Å². The number of benzene rings is 1. The summed E-state index contributed by atoms with van der Waals surface area (Å²) in [6, 6.07) is 3.20. The van der Waals surface area contributed by atoms with Crippen molar-refractivity contribution in [2.75, 3.05) is 0 Å². The fourth-order valence-electron chi connectivity index (χ4n) is 2.66. The number of aryl methyl sites for hydroxylation is 1. The first-order chi connectivity index (χ1) is 11.3. The molecule has 0 atom stereocenters. The molecule has 3 nitrogen and oxygen atoms in total. The van der Waals surface area contributed by atoms with Gasteiger partial charge in [0.1, 0.15) is 5.76 Å². The quantitative estimate of drug-likeness (QED) is 0.624. The van der Waals surface area contributed by atoms with Gasteiger partial charge in [0, 0.05) is 5.39 Å². The maximum Gasteiger partial charge on any atom is 0.416 e. The van der Waals surface area contributed by atoms with Gasteiger partial charge in [0.25, 0.3) is 0 Å². The molecule has 24 heavy (non-hydrogen) atoms. The maximum absolute atomic E-state index is 12.9. The van der Waals surface area contributed by atoms with Gasteiger partial charge in [-0.05, 0) is 36.8 Å². The molecule has 0 aliphatic rings. The van der Waals surface area contributed by atoms with Gasteiger partial charge < -0.3 is 4.42 Å². The third-order valence-corrected chi connectivity index (χ3v) is 3.87. The van der Waals surface area contributed by atoms with Crippen molar-refractivity contribution in [3.05, 3.63) is 64.0 Å². The largest absolute Gasteiger partial charge is 0.437 e. The van der Waals surface area contributed by atoms with E-state index < -0.39 is 17.2 Å². The lowest BCUT2D eigenvalue weighted by Crippen LogP contribution is -2.10. The number of fused-ring (bicyclic) bond motifs is 2. The van der Waals surface area contributed by atoms with Gasteiger partial charge in [-0.1, -0.05) is 19.2 Å². The first-order valence-corrected chi connectivity index (χ1v) is 7.01. The number of rotatable bonds is 2. The van der Waals surface area contributed by atoms with Gasteiger partial charge in [0.15, 0.2) is 0 Å². The second-order valence-corrected chi connectivity index (χ2v) is 5.26. The molecule has 122 valence electrons. The summed E-state index contributed by atoms with van der Waals surface area (Å²) < 4.78 is 44.4. The predicted octanol–water partition coefficient (Wildman–Crippen LogP) is 4.95. The SMILES string of the molecule is C=Cc1oc2nc3ccc(C(F)(F)F)cc3c(C)c2c(=O)c1C=C. The van der Waals surface area contributed by atoms with Gasteiger partial charge in [-0.2, -0.15) is 13.2 Å². The van der Waals surface area contributed by atoms with Crippen LogP contribution in [0.5, 0.6) is 0 Å². The minimum atomic E-state index is -4.47. The molecule has 0 aliphatic carbocycles. The van der Waals surface area contributed by atoms with Crippen LogP contribution in [-0.4, -0.2) is 4.98 Å². The van der Waals surface area contributed by atoms with Gasteiger partial charge in [0.2, 0.25) is 11.1 Å². The third kappa shape index (κ3) is 2.31. The zero-order valence-electron chi connectivity index (χ0n) is 12.7. The highest BCUT2D eigenvalue weighted by Crippen LogP contribution is 2.33. The van der Waals surface area contributed by atoms with Crippen LogP contribution in [-0.2, 0) is 6.18 Å². The van der Waals surface area contributed by atoms with Gasteiger partial charge in [-0.15, -0.1) is 0 Å². The number of pyridine rings is 1. The maximum atomic E-state index is 12.9. The lowest BCUT2D eigenvalue weighted by atomic mass is 10.0. The van der Waals surface area contributed by atoms with Gasteiger partial charge >= 0.3 is 6.18 Å². The second-order valence-electron chi connectivity index (χ2n) is 5.26. The molecule has 0 aliphatic heterocycles. The van der Waals surface area contributed by atoms with Gasteiger partial charge in [-0.25, -0.2) is 4.98 Å². The lowest BCUT2D eigenvalue weighted by Gasteiger charge is -2.11. The average Bonchev–Trinajstić information content (AvgIpc) is 2.53. The molecular formula is C18H12F3NO2. The van der Waals surface area contributed by atoms with Gasteiger partial charge in [-0.3, -0.25) is 4.79 Å². The van der Waals surface area contributed by atoms with E-state index in [1.807, 2.05) is 0 Å². The van der Waals surface area contributed by atoms with Crippen LogP contribution in [0.25, 0.3) is 34.2 Å². The Morgan fingerprint density at radius 2 is 1.92 bits per heavy atom. The molecule has 0 amide bonds. The van der Waals surface area contributed by atoms with Crippen molar-refractivity contribution < 1.29 is 17.6 Å². The predicted molar refractivity (Wildman–Crippen MR) is 87.7 cm³/mol. The highest BCUT2D eigenvalue weighted by Gasteiger charge is 2.31. The van der Waals surface area contributed by atoms with Crippen LogP contribution < -0.4 is 5.43 Å². The Balaban J connectivity index is 2.50. The van der Waals surface area contributed by atoms with Crippen LogP contribution in [0.4, 0.5) is 13.2 Å². The van der Waals surface area contributed by atoms with Gasteiger partial charge in [0.05, 0.1) is 22.0 Å². The Morgan fingerprint density at radius 3 is 2.50 bits per heavy atom. The summed E-state index contributed by atoms with van der Waals surface area (Å²) in [7, 11) is 0. The molecule has 6 heteroatoms. The van der Waals surface area contributed by atoms with E-state index in [-0.39, 0.29) is 27.8 Å². The molecule has 0 fully saturated rings. The third-order valence-electron chi connectivity index (χ3n) is 3.87. The van der Waals surface area contributed by atoms with Crippen molar-refractivity contribution in [1.29, 1.82) is 0 Å². The van der Waals surface area contributed by atoms with Crippen molar-refractivity contribution in [1.82, 2.24) is 4.98 Å². The molecule has 0 radical (unpaired) electrons. The summed E-state index contributed by atoms with van der Waals surface area (Å²) in [6.45, 7) is 8.72. The van der Waals surface area contributed by atoms with E-state index in [2.05, 4.69) is 18.1 Å². The molecule has 2 heterocycles. The molecule has 0 spiro atoms. The highest BCUT2D eigenvalue weighted by molar-refractivity contribution is 5.96. The van der Waals surface area contributed by atoms with E-state index in [1.165, 1.54) is 18.2 Å². The smallest absolute Gasteiger partial charge is 0.416 e. The molecule has 0 saturated heterocycles. The number of halogens is 3. The molecule has 0 unspecified atom stereocenters. The van der Waals surface area contributed by atoms with Crippen LogP contribution in [0.3, 0.4) is 0 Å². The average molecular weight is 331 g/mol. The van der Waals surface area contributed by atoms with Crippen LogP contribution in [0.2, 0.25) is 0 Å². The first kappa shape index (κ1) is 16.0. The number of hydrogen-bond acceptors (Lipinski definition) is 3. The Hall–Kier alpha value is -2.89. The van der Waals surface area contributed by atoms with E-state index in [4.69, 9.17) is 4.42 Å². The number of alkyl halides is 3. The van der Waals surface area contributed by atoms with E-state index in [1.54, 1.807) is 6.92 Å². The van der Waals surface area contributed by atoms with Crippen molar-refractivity contribution in [2.45, 2.75) is 13.1 Å². The first-order valence-electron chi connectivity index (χ1n) is 7.01. The summed E-state index contributed by atoms with van der Waals surface area (Å²) in [6.07, 6.45) is -1.77. The van der Waals surface area contributed by atoms with Crippen LogP contribution >= 0.6 is 0 Å². The van der Waals surface area contributed by atoms with Crippen molar-refractivity contribution in [3.8, 4) is 0 Å². The zero-order valence-corrected chi connectivity index (χ0v) is 12.7. The second kappa shape index (κ2) is 5.33. The number of aromatic nitrogens is 1. The molecule has 3 rings (SSSR count). The van der Waals surface area contributed by atoms with Crippen LogP contribution in [0.15, 0.2) is 40.6 Å². The molecule has 3 aromatic rings. The number of hydrogen-bond donors (Lipinski definition) is 0.